The van der Waals surface area contributed by atoms with Crippen molar-refractivity contribution in [3.05, 3.63) is 53.6 Å². The van der Waals surface area contributed by atoms with E-state index in [1.54, 1.807) is 23.9 Å². The molecule has 2 aromatic rings. The molecule has 0 aromatic heterocycles. The Hall–Kier alpha value is -1.73. The molecular weight excluding hydrogens is 420 g/mol. The van der Waals surface area contributed by atoms with Crippen molar-refractivity contribution in [2.24, 2.45) is 11.3 Å². The second-order valence-corrected chi connectivity index (χ2v) is 9.77. The number of hydrogen-bond donors (Lipinski definition) is 2. The number of carbonyl (C=O) groups excluding carboxylic acids is 1. The number of nitrogens with zero attached hydrogens (tertiary/aromatic N) is 1. The van der Waals surface area contributed by atoms with Crippen molar-refractivity contribution in [3.8, 4) is 11.5 Å². The summed E-state index contributed by atoms with van der Waals surface area (Å²) in [5.74, 6) is 2.72. The number of likely N-dealkylation sites (tertiary alicyclic amines) is 1. The molecular formula is C23H27ClN2O3S. The predicted octanol–water partition coefficient (Wildman–Crippen LogP) is 5.22. The molecule has 0 bridgehead atoms. The van der Waals surface area contributed by atoms with Gasteiger partial charge < -0.3 is 9.64 Å². The monoisotopic (exact) mass is 446 g/mol. The van der Waals surface area contributed by atoms with E-state index in [0.717, 1.165) is 54.8 Å². The molecule has 1 heterocycles. The number of halogens is 1. The summed E-state index contributed by atoms with van der Waals surface area (Å²) in [6.45, 7) is 2.98. The van der Waals surface area contributed by atoms with Crippen molar-refractivity contribution < 1.29 is 14.7 Å². The maximum atomic E-state index is 12.5. The van der Waals surface area contributed by atoms with Gasteiger partial charge in [0.25, 0.3) is 0 Å². The molecule has 1 aliphatic heterocycles. The molecule has 1 amide bonds. The second kappa shape index (κ2) is 9.60. The summed E-state index contributed by atoms with van der Waals surface area (Å²) in [6.07, 6.45) is 4.23. The van der Waals surface area contributed by atoms with Crippen molar-refractivity contribution >= 4 is 29.3 Å². The number of nitrogens with one attached hydrogen (secondary N) is 1. The molecule has 7 heteroatoms. The largest absolute Gasteiger partial charge is 0.457 e. The number of ether oxygens (including phenoxy) is 1. The van der Waals surface area contributed by atoms with Crippen LogP contribution in [0.1, 0.15) is 25.7 Å². The third-order valence-electron chi connectivity index (χ3n) is 6.00. The Morgan fingerprint density at radius 1 is 1.10 bits per heavy atom. The zero-order valence-electron chi connectivity index (χ0n) is 16.9. The van der Waals surface area contributed by atoms with E-state index in [1.807, 2.05) is 41.9 Å². The average molecular weight is 447 g/mol. The van der Waals surface area contributed by atoms with Crippen molar-refractivity contribution in [2.45, 2.75) is 30.6 Å². The molecule has 2 aliphatic rings. The van der Waals surface area contributed by atoms with E-state index < -0.39 is 5.41 Å². The number of hydroxylamine groups is 1. The highest BCUT2D eigenvalue weighted by Gasteiger charge is 2.42. The Morgan fingerprint density at radius 3 is 2.27 bits per heavy atom. The highest BCUT2D eigenvalue weighted by molar-refractivity contribution is 7.99. The van der Waals surface area contributed by atoms with Gasteiger partial charge in [0.15, 0.2) is 0 Å². The minimum atomic E-state index is -0.530. The Balaban J connectivity index is 1.34. The fourth-order valence-corrected chi connectivity index (χ4v) is 5.17. The van der Waals surface area contributed by atoms with E-state index in [2.05, 4.69) is 4.90 Å². The number of thioether (sulfide) groups is 1. The summed E-state index contributed by atoms with van der Waals surface area (Å²) in [5.41, 5.74) is 1.39. The Bertz CT molecular complexity index is 848. The Labute approximate surface area is 186 Å². The van der Waals surface area contributed by atoms with E-state index in [4.69, 9.17) is 16.3 Å². The molecule has 2 aromatic carbocycles. The van der Waals surface area contributed by atoms with Crippen LogP contribution in [0.15, 0.2) is 53.4 Å². The Kier molecular flexibility index (Phi) is 6.88. The van der Waals surface area contributed by atoms with Crippen LogP contribution >= 0.6 is 23.4 Å². The van der Waals surface area contributed by atoms with Gasteiger partial charge in [0, 0.05) is 22.2 Å². The molecule has 1 saturated heterocycles. The topological polar surface area (TPSA) is 61.8 Å². The number of piperidine rings is 1. The first-order chi connectivity index (χ1) is 14.6. The minimum Gasteiger partial charge on any atom is -0.457 e. The van der Waals surface area contributed by atoms with Crippen LogP contribution in [0.3, 0.4) is 0 Å². The third-order valence-corrected chi connectivity index (χ3v) is 7.55. The lowest BCUT2D eigenvalue weighted by atomic mass is 9.79. The molecule has 0 spiro atoms. The van der Waals surface area contributed by atoms with Gasteiger partial charge in [0.05, 0.1) is 5.41 Å². The second-order valence-electron chi connectivity index (χ2n) is 8.28. The molecule has 2 fully saturated rings. The van der Waals surface area contributed by atoms with Gasteiger partial charge in [-0.05, 0) is 93.2 Å². The zero-order valence-corrected chi connectivity index (χ0v) is 18.4. The number of hydrogen-bond acceptors (Lipinski definition) is 5. The van der Waals surface area contributed by atoms with Crippen molar-refractivity contribution in [2.75, 3.05) is 25.4 Å². The smallest absolute Gasteiger partial charge is 0.250 e. The van der Waals surface area contributed by atoms with Gasteiger partial charge in [0.1, 0.15) is 11.5 Å². The molecule has 4 rings (SSSR count). The number of amides is 1. The van der Waals surface area contributed by atoms with Crippen LogP contribution in [0.25, 0.3) is 0 Å². The minimum absolute atomic E-state index is 0.260. The fourth-order valence-electron chi connectivity index (χ4n) is 3.85. The molecule has 0 unspecified atom stereocenters. The highest BCUT2D eigenvalue weighted by atomic mass is 35.5. The van der Waals surface area contributed by atoms with Crippen LogP contribution in [0, 0.1) is 11.3 Å². The van der Waals surface area contributed by atoms with Crippen LogP contribution in [0.4, 0.5) is 0 Å². The quantitative estimate of drug-likeness (QED) is 0.330. The molecule has 5 nitrogen and oxygen atoms in total. The molecule has 0 radical (unpaired) electrons. The first-order valence-corrected chi connectivity index (χ1v) is 11.8. The molecule has 1 aliphatic carbocycles. The van der Waals surface area contributed by atoms with Crippen molar-refractivity contribution in [1.82, 2.24) is 10.4 Å². The van der Waals surface area contributed by atoms with Gasteiger partial charge in [-0.2, -0.15) is 0 Å². The first-order valence-electron chi connectivity index (χ1n) is 10.4. The summed E-state index contributed by atoms with van der Waals surface area (Å²) in [7, 11) is 0. The van der Waals surface area contributed by atoms with Crippen LogP contribution < -0.4 is 10.2 Å². The molecule has 2 N–H and O–H groups in total. The number of benzene rings is 2. The van der Waals surface area contributed by atoms with Gasteiger partial charge >= 0.3 is 0 Å². The highest BCUT2D eigenvalue weighted by Crippen LogP contribution is 2.39. The lowest BCUT2D eigenvalue weighted by molar-refractivity contribution is -0.141. The summed E-state index contributed by atoms with van der Waals surface area (Å²) in [6, 6.07) is 15.1. The lowest BCUT2D eigenvalue weighted by Gasteiger charge is -2.40. The molecule has 160 valence electrons. The van der Waals surface area contributed by atoms with Crippen LogP contribution in [0.5, 0.6) is 11.5 Å². The van der Waals surface area contributed by atoms with E-state index in [0.29, 0.717) is 10.8 Å². The van der Waals surface area contributed by atoms with Crippen LogP contribution in [0.2, 0.25) is 5.02 Å². The first kappa shape index (κ1) is 21.5. The molecule has 0 atom stereocenters. The van der Waals surface area contributed by atoms with Gasteiger partial charge in [-0.3, -0.25) is 10.0 Å². The molecule has 30 heavy (non-hydrogen) atoms. The van der Waals surface area contributed by atoms with Crippen LogP contribution in [-0.4, -0.2) is 41.4 Å². The van der Waals surface area contributed by atoms with Crippen molar-refractivity contribution in [1.29, 1.82) is 0 Å². The van der Waals surface area contributed by atoms with Gasteiger partial charge in [-0.25, -0.2) is 5.48 Å². The number of carbonyl (C=O) groups is 1. The number of rotatable bonds is 8. The maximum absolute atomic E-state index is 12.5. The van der Waals surface area contributed by atoms with Gasteiger partial charge in [-0.1, -0.05) is 11.6 Å². The van der Waals surface area contributed by atoms with Gasteiger partial charge in [0.2, 0.25) is 5.91 Å². The zero-order chi connectivity index (χ0) is 21.0. The SMILES string of the molecule is O=C(NO)C1(CSc2ccc(Oc3ccc(Cl)cc3)cc2)CCN(CC2CC2)CC1. The lowest BCUT2D eigenvalue weighted by Crippen LogP contribution is -2.50. The summed E-state index contributed by atoms with van der Waals surface area (Å²) < 4.78 is 5.84. The van der Waals surface area contributed by atoms with E-state index in [1.165, 1.54) is 12.8 Å². The fraction of sp³-hybridized carbons (Fsp3) is 0.435. The summed E-state index contributed by atoms with van der Waals surface area (Å²) in [4.78, 5) is 16.0. The normalized spacial score (nSPS) is 18.7. The van der Waals surface area contributed by atoms with Gasteiger partial charge in [-0.15, -0.1) is 11.8 Å². The Morgan fingerprint density at radius 2 is 1.70 bits per heavy atom. The molecule has 1 saturated carbocycles. The third kappa shape index (κ3) is 5.49. The van der Waals surface area contributed by atoms with Crippen LogP contribution in [-0.2, 0) is 4.79 Å². The van der Waals surface area contributed by atoms with E-state index >= 15 is 0 Å². The van der Waals surface area contributed by atoms with E-state index in [9.17, 15) is 10.0 Å². The maximum Gasteiger partial charge on any atom is 0.250 e. The predicted molar refractivity (Wildman–Crippen MR) is 119 cm³/mol. The summed E-state index contributed by atoms with van der Waals surface area (Å²) in [5, 5.41) is 9.99. The van der Waals surface area contributed by atoms with Crippen molar-refractivity contribution in [3.63, 3.8) is 0 Å². The summed E-state index contributed by atoms with van der Waals surface area (Å²) >= 11 is 7.56. The standard InChI is InChI=1S/C23H27ClN2O3S/c24-18-3-5-19(6-4-18)29-20-7-9-21(10-8-20)30-16-23(22(27)25-28)11-13-26(14-12-23)15-17-1-2-17/h3-10,17,28H,1-2,11-16H2,(H,25,27). The van der Waals surface area contributed by atoms with E-state index in [-0.39, 0.29) is 5.91 Å². The average Bonchev–Trinajstić information content (AvgIpc) is 3.59.